The fourth-order valence-electron chi connectivity index (χ4n) is 2.77. The van der Waals surface area contributed by atoms with Crippen LogP contribution in [0.4, 0.5) is 0 Å². The number of nitrogens with zero attached hydrogens (tertiary/aromatic N) is 3. The highest BCUT2D eigenvalue weighted by atomic mass is 79.9. The van der Waals surface area contributed by atoms with Gasteiger partial charge in [-0.15, -0.1) is 0 Å². The van der Waals surface area contributed by atoms with Gasteiger partial charge in [-0.05, 0) is 71.2 Å². The molecule has 0 aliphatic heterocycles. The van der Waals surface area contributed by atoms with Crippen molar-refractivity contribution in [2.24, 2.45) is 5.10 Å². The Labute approximate surface area is 187 Å². The first kappa shape index (κ1) is 21.7. The fraction of sp³-hybridized carbons (Fsp3) is 0.318. The van der Waals surface area contributed by atoms with E-state index < -0.39 is 0 Å². The summed E-state index contributed by atoms with van der Waals surface area (Å²) in [7, 11) is 0. The number of hydrogen-bond donors (Lipinski definition) is 0. The highest BCUT2D eigenvalue weighted by Gasteiger charge is 2.14. The van der Waals surface area contributed by atoms with Crippen LogP contribution in [0.25, 0.3) is 10.9 Å². The van der Waals surface area contributed by atoms with Crippen LogP contribution >= 0.6 is 31.9 Å². The van der Waals surface area contributed by atoms with Gasteiger partial charge in [0.15, 0.2) is 0 Å². The molecule has 2 aromatic carbocycles. The van der Waals surface area contributed by atoms with Crippen LogP contribution in [0.5, 0.6) is 5.75 Å². The van der Waals surface area contributed by atoms with Crippen LogP contribution in [-0.4, -0.2) is 22.0 Å². The van der Waals surface area contributed by atoms with Crippen LogP contribution in [0.1, 0.15) is 51.4 Å². The Kier molecular flexibility index (Phi) is 6.90. The number of hydrogen-bond acceptors (Lipinski definition) is 4. The molecule has 0 saturated heterocycles. The first-order valence-corrected chi connectivity index (χ1v) is 11.1. The highest BCUT2D eigenvalue weighted by molar-refractivity contribution is 9.10. The maximum absolute atomic E-state index is 13.1. The van der Waals surface area contributed by atoms with Crippen molar-refractivity contribution in [2.75, 3.05) is 0 Å². The van der Waals surface area contributed by atoms with Gasteiger partial charge < -0.3 is 4.74 Å². The Balaban J connectivity index is 2.02. The van der Waals surface area contributed by atoms with Crippen molar-refractivity contribution in [1.82, 2.24) is 9.66 Å². The lowest BCUT2D eigenvalue weighted by molar-refractivity contribution is 0.216. The van der Waals surface area contributed by atoms with Crippen molar-refractivity contribution < 1.29 is 4.74 Å². The molecule has 3 aromatic rings. The summed E-state index contributed by atoms with van der Waals surface area (Å²) in [6.07, 6.45) is 2.74. The maximum atomic E-state index is 13.1. The third kappa shape index (κ3) is 4.95. The van der Waals surface area contributed by atoms with Gasteiger partial charge in [0, 0.05) is 10.4 Å². The summed E-state index contributed by atoms with van der Waals surface area (Å²) < 4.78 is 8.94. The van der Waals surface area contributed by atoms with Crippen LogP contribution < -0.4 is 10.3 Å². The molecule has 0 saturated carbocycles. The lowest BCUT2D eigenvalue weighted by atomic mass is 10.2. The SMILES string of the molecule is CC[C@@H](C)Oc1ccc(C=Nn2c(C(C)C)nc3ccc(Br)cc3c2=O)cc1Br. The number of rotatable bonds is 6. The van der Waals surface area contributed by atoms with E-state index in [1.165, 1.54) is 4.68 Å². The highest BCUT2D eigenvalue weighted by Crippen LogP contribution is 2.27. The van der Waals surface area contributed by atoms with Crippen molar-refractivity contribution >= 4 is 49.0 Å². The molecular formula is C22H23Br2N3O2. The summed E-state index contributed by atoms with van der Waals surface area (Å²) in [5.41, 5.74) is 1.33. The molecular weight excluding hydrogens is 498 g/mol. The van der Waals surface area contributed by atoms with Gasteiger partial charge in [-0.3, -0.25) is 4.79 Å². The Bertz CT molecular complexity index is 1120. The van der Waals surface area contributed by atoms with Crippen LogP contribution in [0.2, 0.25) is 0 Å². The van der Waals surface area contributed by atoms with Crippen LogP contribution in [-0.2, 0) is 0 Å². The third-order valence-corrected chi connectivity index (χ3v) is 5.64. The van der Waals surface area contributed by atoms with E-state index in [1.54, 1.807) is 12.3 Å². The zero-order valence-electron chi connectivity index (χ0n) is 16.8. The lowest BCUT2D eigenvalue weighted by Crippen LogP contribution is -2.23. The van der Waals surface area contributed by atoms with Crippen LogP contribution in [0.15, 0.2) is 55.2 Å². The monoisotopic (exact) mass is 519 g/mol. The van der Waals surface area contributed by atoms with Crippen molar-refractivity contribution in [3.63, 3.8) is 0 Å². The van der Waals surface area contributed by atoms with Gasteiger partial charge in [0.2, 0.25) is 0 Å². The van der Waals surface area contributed by atoms with Gasteiger partial charge in [-0.2, -0.15) is 9.78 Å². The van der Waals surface area contributed by atoms with Gasteiger partial charge in [-0.1, -0.05) is 36.7 Å². The van der Waals surface area contributed by atoms with Gasteiger partial charge in [0.25, 0.3) is 5.56 Å². The Morgan fingerprint density at radius 1 is 1.17 bits per heavy atom. The summed E-state index contributed by atoms with van der Waals surface area (Å²) in [5.74, 6) is 1.46. The molecule has 1 heterocycles. The molecule has 0 N–H and O–H groups in total. The van der Waals surface area contributed by atoms with E-state index in [-0.39, 0.29) is 17.6 Å². The molecule has 152 valence electrons. The number of aromatic nitrogens is 2. The minimum atomic E-state index is -0.188. The van der Waals surface area contributed by atoms with Crippen LogP contribution in [0, 0.1) is 0 Å². The molecule has 0 spiro atoms. The fourth-order valence-corrected chi connectivity index (χ4v) is 3.62. The Hall–Kier alpha value is -1.99. The van der Waals surface area contributed by atoms with Gasteiger partial charge in [0.05, 0.1) is 27.7 Å². The molecule has 0 bridgehead atoms. The molecule has 0 unspecified atom stereocenters. The largest absolute Gasteiger partial charge is 0.490 e. The third-order valence-electron chi connectivity index (χ3n) is 4.53. The lowest BCUT2D eigenvalue weighted by Gasteiger charge is -2.14. The van der Waals surface area contributed by atoms with E-state index in [0.29, 0.717) is 16.7 Å². The van der Waals surface area contributed by atoms with E-state index in [1.807, 2.05) is 51.1 Å². The molecule has 1 atom stereocenters. The topological polar surface area (TPSA) is 56.5 Å². The van der Waals surface area contributed by atoms with Gasteiger partial charge in [-0.25, -0.2) is 4.98 Å². The average molecular weight is 521 g/mol. The quantitative estimate of drug-likeness (QED) is 0.369. The minimum absolute atomic E-state index is 0.0472. The molecule has 5 nitrogen and oxygen atoms in total. The molecule has 7 heteroatoms. The van der Waals surface area contributed by atoms with Crippen LogP contribution in [0.3, 0.4) is 0 Å². The standard InChI is InChI=1S/C22H23Br2N3O2/c1-5-14(4)29-20-9-6-15(10-18(20)24)12-25-27-21(13(2)3)26-19-8-7-16(23)11-17(19)22(27)28/h6-14H,5H2,1-4H3/t14-/m1/s1. The van der Waals surface area contributed by atoms with E-state index in [0.717, 1.165) is 26.7 Å². The van der Waals surface area contributed by atoms with Gasteiger partial charge in [0.1, 0.15) is 11.6 Å². The summed E-state index contributed by atoms with van der Waals surface area (Å²) in [6, 6.07) is 11.2. The predicted octanol–water partition coefficient (Wildman–Crippen LogP) is 6.10. The number of fused-ring (bicyclic) bond motifs is 1. The van der Waals surface area contributed by atoms with Gasteiger partial charge >= 0.3 is 0 Å². The molecule has 0 radical (unpaired) electrons. The Morgan fingerprint density at radius 2 is 1.93 bits per heavy atom. The van der Waals surface area contributed by atoms with E-state index in [9.17, 15) is 4.79 Å². The zero-order chi connectivity index (χ0) is 21.1. The predicted molar refractivity (Wildman–Crippen MR) is 125 cm³/mol. The molecule has 29 heavy (non-hydrogen) atoms. The van der Waals surface area contributed by atoms with Crippen molar-refractivity contribution in [3.8, 4) is 5.75 Å². The maximum Gasteiger partial charge on any atom is 0.282 e. The molecule has 3 rings (SSSR count). The summed E-state index contributed by atoms with van der Waals surface area (Å²) in [6.45, 7) is 8.11. The first-order chi connectivity index (χ1) is 13.8. The molecule has 0 aliphatic carbocycles. The molecule has 1 aromatic heterocycles. The van der Waals surface area contributed by atoms with Crippen molar-refractivity contribution in [1.29, 1.82) is 0 Å². The van der Waals surface area contributed by atoms with E-state index >= 15 is 0 Å². The number of benzene rings is 2. The average Bonchev–Trinajstić information content (AvgIpc) is 2.69. The molecule has 0 fully saturated rings. The van der Waals surface area contributed by atoms with E-state index in [2.05, 4.69) is 48.9 Å². The molecule has 0 aliphatic rings. The Morgan fingerprint density at radius 3 is 2.59 bits per heavy atom. The second-order valence-electron chi connectivity index (χ2n) is 7.17. The summed E-state index contributed by atoms with van der Waals surface area (Å²) in [5, 5.41) is 4.99. The molecule has 0 amide bonds. The van der Waals surface area contributed by atoms with Crippen molar-refractivity contribution in [2.45, 2.75) is 46.1 Å². The minimum Gasteiger partial charge on any atom is -0.490 e. The smallest absolute Gasteiger partial charge is 0.282 e. The first-order valence-electron chi connectivity index (χ1n) is 9.53. The second-order valence-corrected chi connectivity index (χ2v) is 8.94. The van der Waals surface area contributed by atoms with Crippen molar-refractivity contribution in [3.05, 3.63) is 67.1 Å². The second kappa shape index (κ2) is 9.22. The number of ether oxygens (including phenoxy) is 1. The van der Waals surface area contributed by atoms with E-state index in [4.69, 9.17) is 4.74 Å². The zero-order valence-corrected chi connectivity index (χ0v) is 20.0. The summed E-state index contributed by atoms with van der Waals surface area (Å²) in [4.78, 5) is 17.7. The summed E-state index contributed by atoms with van der Waals surface area (Å²) >= 11 is 6.97. The number of halogens is 2. The normalized spacial score (nSPS) is 12.8.